The maximum absolute atomic E-state index is 13.7. The molecule has 1 atom stereocenters. The molecular formula is C19H20BrFN4O4S2. The first-order chi connectivity index (χ1) is 14.8. The number of nitrogens with one attached hydrogen (secondary N) is 2. The quantitative estimate of drug-likeness (QED) is 0.507. The van der Waals surface area contributed by atoms with Crippen LogP contribution >= 0.6 is 27.3 Å². The fourth-order valence-electron chi connectivity index (χ4n) is 2.87. The number of rotatable bonds is 8. The van der Waals surface area contributed by atoms with Crippen LogP contribution in [-0.4, -0.2) is 44.1 Å². The number of carbonyl (C=O) groups is 1. The van der Waals surface area contributed by atoms with Gasteiger partial charge in [-0.2, -0.15) is 0 Å². The molecule has 1 unspecified atom stereocenters. The largest absolute Gasteiger partial charge is 0.463 e. The van der Waals surface area contributed by atoms with Crippen molar-refractivity contribution >= 4 is 49.1 Å². The number of hydrogen-bond donors (Lipinski definition) is 2. The Morgan fingerprint density at radius 1 is 1.39 bits per heavy atom. The van der Waals surface area contributed by atoms with Crippen LogP contribution in [0, 0.1) is 5.82 Å². The highest BCUT2D eigenvalue weighted by molar-refractivity contribution is 9.10. The Hall–Kier alpha value is -2.15. The lowest BCUT2D eigenvalue weighted by atomic mass is 9.95. The van der Waals surface area contributed by atoms with Crippen molar-refractivity contribution < 1.29 is 22.3 Å². The Labute approximate surface area is 191 Å². The highest BCUT2D eigenvalue weighted by Crippen LogP contribution is 2.36. The molecule has 1 aromatic carbocycles. The molecule has 0 aliphatic carbocycles. The van der Waals surface area contributed by atoms with Crippen LogP contribution in [0.1, 0.15) is 30.5 Å². The lowest BCUT2D eigenvalue weighted by molar-refractivity contribution is -0.139. The van der Waals surface area contributed by atoms with E-state index in [2.05, 4.69) is 35.9 Å². The minimum atomic E-state index is -3.54. The third-order valence-corrected chi connectivity index (χ3v) is 7.17. The second kappa shape index (κ2) is 9.98. The van der Waals surface area contributed by atoms with Gasteiger partial charge in [0.2, 0.25) is 10.0 Å². The SMILES string of the molecule is CCOC(=O)C1=C(CNS(=O)(=O)CC)NC(c2nccs2)=NC1c1ccc(F)cc1Br. The van der Waals surface area contributed by atoms with Gasteiger partial charge < -0.3 is 10.1 Å². The van der Waals surface area contributed by atoms with E-state index < -0.39 is 27.9 Å². The summed E-state index contributed by atoms with van der Waals surface area (Å²) in [5.41, 5.74) is 0.945. The topological polar surface area (TPSA) is 110 Å². The fourth-order valence-corrected chi connectivity index (χ4v) is 4.59. The summed E-state index contributed by atoms with van der Waals surface area (Å²) in [6, 6.07) is 3.20. The summed E-state index contributed by atoms with van der Waals surface area (Å²) in [4.78, 5) is 21.8. The van der Waals surface area contributed by atoms with Crippen molar-refractivity contribution in [1.29, 1.82) is 0 Å². The van der Waals surface area contributed by atoms with Gasteiger partial charge >= 0.3 is 5.97 Å². The van der Waals surface area contributed by atoms with E-state index in [1.165, 1.54) is 36.5 Å². The fraction of sp³-hybridized carbons (Fsp3) is 0.316. The van der Waals surface area contributed by atoms with Crippen LogP contribution in [0.3, 0.4) is 0 Å². The van der Waals surface area contributed by atoms with Crippen molar-refractivity contribution in [2.24, 2.45) is 4.99 Å². The second-order valence-corrected chi connectivity index (χ2v) is 10.2. The van der Waals surface area contributed by atoms with Gasteiger partial charge in [-0.05, 0) is 31.5 Å². The Morgan fingerprint density at radius 2 is 2.16 bits per heavy atom. The van der Waals surface area contributed by atoms with Crippen LogP contribution in [0.15, 0.2) is 50.5 Å². The number of amidine groups is 1. The van der Waals surface area contributed by atoms with Gasteiger partial charge in [-0.3, -0.25) is 4.99 Å². The Balaban J connectivity index is 2.15. The van der Waals surface area contributed by atoms with Crippen LogP contribution < -0.4 is 10.0 Å². The first kappa shape index (κ1) is 23.5. The first-order valence-electron chi connectivity index (χ1n) is 9.32. The second-order valence-electron chi connectivity index (χ2n) is 6.35. The summed E-state index contributed by atoms with van der Waals surface area (Å²) in [7, 11) is -3.54. The minimum absolute atomic E-state index is 0.116. The molecule has 0 saturated carbocycles. The van der Waals surface area contributed by atoms with Gasteiger partial charge in [0.1, 0.15) is 11.9 Å². The molecule has 1 aliphatic rings. The summed E-state index contributed by atoms with van der Waals surface area (Å²) in [5.74, 6) is -0.847. The average Bonchev–Trinajstić information content (AvgIpc) is 3.27. The predicted molar refractivity (Wildman–Crippen MR) is 120 cm³/mol. The van der Waals surface area contributed by atoms with Crippen molar-refractivity contribution in [2.45, 2.75) is 19.9 Å². The number of nitrogens with zero attached hydrogens (tertiary/aromatic N) is 2. The van der Waals surface area contributed by atoms with E-state index in [0.29, 0.717) is 20.9 Å². The van der Waals surface area contributed by atoms with Crippen molar-refractivity contribution in [2.75, 3.05) is 18.9 Å². The number of ether oxygens (including phenoxy) is 1. The van der Waals surface area contributed by atoms with Crippen LogP contribution in [0.4, 0.5) is 4.39 Å². The molecule has 12 heteroatoms. The van der Waals surface area contributed by atoms with Crippen molar-refractivity contribution in [1.82, 2.24) is 15.0 Å². The Bertz CT molecular complexity index is 1130. The van der Waals surface area contributed by atoms with Gasteiger partial charge in [0.05, 0.1) is 24.5 Å². The highest BCUT2D eigenvalue weighted by atomic mass is 79.9. The van der Waals surface area contributed by atoms with Crippen LogP contribution in [0.2, 0.25) is 0 Å². The van der Waals surface area contributed by atoms with E-state index in [0.717, 1.165) is 0 Å². The lowest BCUT2D eigenvalue weighted by Gasteiger charge is -2.27. The molecule has 31 heavy (non-hydrogen) atoms. The zero-order valence-electron chi connectivity index (χ0n) is 16.7. The van der Waals surface area contributed by atoms with Gasteiger partial charge in [-0.25, -0.2) is 27.3 Å². The molecule has 0 fully saturated rings. The van der Waals surface area contributed by atoms with Crippen LogP contribution in [0.5, 0.6) is 0 Å². The molecular weight excluding hydrogens is 511 g/mol. The van der Waals surface area contributed by atoms with Gasteiger partial charge in [0.25, 0.3) is 0 Å². The smallest absolute Gasteiger partial charge is 0.338 e. The first-order valence-corrected chi connectivity index (χ1v) is 12.6. The van der Waals surface area contributed by atoms with Crippen molar-refractivity contribution in [3.63, 3.8) is 0 Å². The molecule has 0 radical (unpaired) electrons. The number of hydrogen-bond acceptors (Lipinski definition) is 8. The minimum Gasteiger partial charge on any atom is -0.463 e. The summed E-state index contributed by atoms with van der Waals surface area (Å²) in [5, 5.41) is 5.36. The zero-order chi connectivity index (χ0) is 22.6. The molecule has 166 valence electrons. The number of carbonyl (C=O) groups excluding carboxylic acids is 1. The van der Waals surface area contributed by atoms with Gasteiger partial charge in [-0.15, -0.1) is 11.3 Å². The standard InChI is InChI=1S/C19H20BrFN4O4S2/c1-3-29-19(26)15-14(10-23-31(27,28)4-2)24-17(18-22-7-8-30-18)25-16(15)12-6-5-11(21)9-13(12)20/h5-9,16,23H,3-4,10H2,1-2H3,(H,24,25). The number of sulfonamides is 1. The van der Waals surface area contributed by atoms with Crippen LogP contribution in [0.25, 0.3) is 0 Å². The molecule has 0 saturated heterocycles. The lowest BCUT2D eigenvalue weighted by Crippen LogP contribution is -2.39. The number of thiazole rings is 1. The predicted octanol–water partition coefficient (Wildman–Crippen LogP) is 2.89. The van der Waals surface area contributed by atoms with E-state index >= 15 is 0 Å². The molecule has 1 aliphatic heterocycles. The summed E-state index contributed by atoms with van der Waals surface area (Å²) < 4.78 is 45.9. The maximum atomic E-state index is 13.7. The third kappa shape index (κ3) is 5.56. The normalized spacial score (nSPS) is 16.6. The molecule has 3 rings (SSSR count). The van der Waals surface area contributed by atoms with Gasteiger partial charge in [0.15, 0.2) is 10.8 Å². The third-order valence-electron chi connectivity index (χ3n) is 4.36. The summed E-state index contributed by atoms with van der Waals surface area (Å²) in [6.45, 7) is 3.13. The van der Waals surface area contributed by atoms with E-state index in [1.54, 1.807) is 18.5 Å². The molecule has 2 N–H and O–H groups in total. The van der Waals surface area contributed by atoms with Gasteiger partial charge in [-0.1, -0.05) is 22.0 Å². The number of aromatic nitrogens is 1. The highest BCUT2D eigenvalue weighted by Gasteiger charge is 2.34. The zero-order valence-corrected chi connectivity index (χ0v) is 19.9. The number of benzene rings is 1. The van der Waals surface area contributed by atoms with E-state index in [-0.39, 0.29) is 30.2 Å². The van der Waals surface area contributed by atoms with E-state index in [9.17, 15) is 17.6 Å². The summed E-state index contributed by atoms with van der Waals surface area (Å²) >= 11 is 4.67. The molecule has 0 spiro atoms. The Kier molecular flexibility index (Phi) is 7.57. The van der Waals surface area contributed by atoms with E-state index in [1.807, 2.05) is 0 Å². The van der Waals surface area contributed by atoms with Crippen molar-refractivity contribution in [3.8, 4) is 0 Å². The molecule has 0 amide bonds. The van der Waals surface area contributed by atoms with Crippen LogP contribution in [-0.2, 0) is 19.6 Å². The molecule has 2 heterocycles. The van der Waals surface area contributed by atoms with E-state index in [4.69, 9.17) is 4.74 Å². The number of aliphatic imine (C=N–C) groups is 1. The monoisotopic (exact) mass is 530 g/mol. The maximum Gasteiger partial charge on any atom is 0.338 e. The molecule has 8 nitrogen and oxygen atoms in total. The molecule has 0 bridgehead atoms. The average molecular weight is 531 g/mol. The number of esters is 1. The molecule has 2 aromatic rings. The van der Waals surface area contributed by atoms with Crippen molar-refractivity contribution in [3.05, 3.63) is 61.9 Å². The molecule has 1 aromatic heterocycles. The van der Waals surface area contributed by atoms with Gasteiger partial charge in [0, 0.05) is 21.7 Å². The number of halogens is 2. The Morgan fingerprint density at radius 3 is 2.77 bits per heavy atom. The summed E-state index contributed by atoms with van der Waals surface area (Å²) in [6.07, 6.45) is 1.61.